The summed E-state index contributed by atoms with van der Waals surface area (Å²) in [5, 5.41) is 0. The van der Waals surface area contributed by atoms with Crippen LogP contribution in [0, 0.1) is 0 Å². The summed E-state index contributed by atoms with van der Waals surface area (Å²) in [4.78, 5) is 36.1. The first kappa shape index (κ1) is 26.1. The van der Waals surface area contributed by atoms with E-state index in [1.807, 2.05) is 0 Å². The number of thioether (sulfide) groups is 2. The van der Waals surface area contributed by atoms with E-state index in [2.05, 4.69) is 0 Å². The highest BCUT2D eigenvalue weighted by Crippen LogP contribution is 2.42. The number of carbonyl (C=O) groups is 3. The average molecular weight is 525 g/mol. The molecular formula is C23H24O8S3. The van der Waals surface area contributed by atoms with Gasteiger partial charge in [-0.25, -0.2) is 8.42 Å². The van der Waals surface area contributed by atoms with E-state index < -0.39 is 50.6 Å². The molecule has 1 heterocycles. The fourth-order valence-electron chi connectivity index (χ4n) is 3.38. The van der Waals surface area contributed by atoms with Crippen molar-refractivity contribution in [2.75, 3.05) is 5.75 Å². The second-order valence-corrected chi connectivity index (χ2v) is 12.0. The molecule has 0 radical (unpaired) electrons. The van der Waals surface area contributed by atoms with Gasteiger partial charge < -0.3 is 14.2 Å². The van der Waals surface area contributed by atoms with E-state index in [0.717, 1.165) is 4.90 Å². The molecule has 34 heavy (non-hydrogen) atoms. The molecule has 8 nitrogen and oxygen atoms in total. The lowest BCUT2D eigenvalue weighted by Gasteiger charge is -2.39. The first-order valence-corrected chi connectivity index (χ1v) is 13.7. The number of rotatable bonds is 7. The third-order valence-corrected chi connectivity index (χ3v) is 9.39. The Hall–Kier alpha value is -2.50. The molecule has 0 unspecified atom stereocenters. The van der Waals surface area contributed by atoms with Gasteiger partial charge in [0.25, 0.3) is 0 Å². The molecule has 1 aliphatic rings. The third kappa shape index (κ3) is 6.55. The van der Waals surface area contributed by atoms with Gasteiger partial charge in [0, 0.05) is 31.4 Å². The van der Waals surface area contributed by atoms with Crippen LogP contribution in [-0.2, 0) is 38.4 Å². The lowest BCUT2D eigenvalue weighted by Crippen LogP contribution is -2.53. The molecule has 3 rings (SSSR count). The summed E-state index contributed by atoms with van der Waals surface area (Å²) < 4.78 is 41.4. The van der Waals surface area contributed by atoms with Crippen molar-refractivity contribution in [1.82, 2.24) is 0 Å². The van der Waals surface area contributed by atoms with Crippen molar-refractivity contribution in [1.29, 1.82) is 0 Å². The number of hydrogen-bond acceptors (Lipinski definition) is 10. The summed E-state index contributed by atoms with van der Waals surface area (Å²) in [6.07, 6.45) is -2.63. The predicted octanol–water partition coefficient (Wildman–Crippen LogP) is 3.48. The van der Waals surface area contributed by atoms with Gasteiger partial charge in [0.1, 0.15) is 0 Å². The van der Waals surface area contributed by atoms with Crippen LogP contribution in [-0.4, -0.2) is 55.0 Å². The molecule has 0 aromatic heterocycles. The maximum absolute atomic E-state index is 12.8. The number of sulfone groups is 1. The predicted molar refractivity (Wildman–Crippen MR) is 127 cm³/mol. The zero-order valence-corrected chi connectivity index (χ0v) is 21.2. The van der Waals surface area contributed by atoms with Gasteiger partial charge in [-0.1, -0.05) is 18.2 Å². The Morgan fingerprint density at radius 1 is 0.794 bits per heavy atom. The molecule has 0 amide bonds. The Bertz CT molecular complexity index is 1130. The number of carbonyl (C=O) groups excluding carboxylic acids is 3. The molecule has 0 saturated carbocycles. The summed E-state index contributed by atoms with van der Waals surface area (Å²) in [5.41, 5.74) is 0. The Balaban J connectivity index is 1.83. The minimum absolute atomic E-state index is 0.156. The van der Waals surface area contributed by atoms with Gasteiger partial charge in [-0.15, -0.1) is 23.5 Å². The molecule has 182 valence electrons. The van der Waals surface area contributed by atoms with Gasteiger partial charge in [0.15, 0.2) is 18.3 Å². The topological polar surface area (TPSA) is 113 Å². The van der Waals surface area contributed by atoms with Crippen LogP contribution in [0.5, 0.6) is 0 Å². The summed E-state index contributed by atoms with van der Waals surface area (Å²) in [6, 6.07) is 14.5. The highest BCUT2D eigenvalue weighted by Gasteiger charge is 2.46. The van der Waals surface area contributed by atoms with Crippen molar-refractivity contribution >= 4 is 51.3 Å². The molecule has 0 spiro atoms. The smallest absolute Gasteiger partial charge is 0.303 e. The molecule has 0 bridgehead atoms. The van der Waals surface area contributed by atoms with Crippen LogP contribution in [0.15, 0.2) is 69.3 Å². The minimum atomic E-state index is -3.65. The molecule has 2 aromatic rings. The lowest BCUT2D eigenvalue weighted by atomic mass is 10.1. The number of ether oxygens (including phenoxy) is 3. The number of hydrogen-bond donors (Lipinski definition) is 0. The normalized spacial score (nSPS) is 22.4. The second kappa shape index (κ2) is 11.3. The van der Waals surface area contributed by atoms with Crippen molar-refractivity contribution in [3.05, 3.63) is 54.6 Å². The van der Waals surface area contributed by atoms with Crippen molar-refractivity contribution < 1.29 is 37.0 Å². The van der Waals surface area contributed by atoms with Crippen LogP contribution in [0.1, 0.15) is 20.8 Å². The van der Waals surface area contributed by atoms with Gasteiger partial charge >= 0.3 is 17.9 Å². The Morgan fingerprint density at radius 2 is 1.32 bits per heavy atom. The van der Waals surface area contributed by atoms with E-state index in [1.165, 1.54) is 68.6 Å². The molecular weight excluding hydrogens is 500 g/mol. The van der Waals surface area contributed by atoms with Crippen LogP contribution in [0.2, 0.25) is 0 Å². The van der Waals surface area contributed by atoms with Gasteiger partial charge in [0.05, 0.1) is 14.4 Å². The van der Waals surface area contributed by atoms with Crippen LogP contribution in [0.25, 0.3) is 0 Å². The summed E-state index contributed by atoms with van der Waals surface area (Å²) in [5.74, 6) is -1.37. The average Bonchev–Trinajstić information content (AvgIpc) is 2.77. The quantitative estimate of drug-likeness (QED) is 0.394. The molecule has 1 aliphatic heterocycles. The van der Waals surface area contributed by atoms with Gasteiger partial charge in [-0.05, 0) is 36.4 Å². The summed E-state index contributed by atoms with van der Waals surface area (Å²) in [7, 11) is -3.65. The molecule has 0 aliphatic carbocycles. The highest BCUT2D eigenvalue weighted by atomic mass is 32.2. The van der Waals surface area contributed by atoms with Crippen molar-refractivity contribution in [2.24, 2.45) is 0 Å². The van der Waals surface area contributed by atoms with Gasteiger partial charge in [0.2, 0.25) is 9.84 Å². The maximum atomic E-state index is 12.8. The van der Waals surface area contributed by atoms with Crippen LogP contribution in [0.4, 0.5) is 0 Å². The minimum Gasteiger partial charge on any atom is -0.458 e. The Morgan fingerprint density at radius 3 is 1.88 bits per heavy atom. The molecule has 4 atom stereocenters. The first-order chi connectivity index (χ1) is 16.1. The zero-order valence-electron chi connectivity index (χ0n) is 18.7. The number of benzene rings is 2. The third-order valence-electron chi connectivity index (χ3n) is 4.74. The Kier molecular flexibility index (Phi) is 8.67. The standard InChI is InChI=1S/C23H24O8S3/c1-14(24)29-20-13-32-23(22(31-16(3)26)21(20)30-15(2)25)33-17-9-11-19(12-10-17)34(27,28)18-7-5-4-6-8-18/h4-12,20-23H,13H2,1-3H3/t20-,21+,22-,23+/m1/s1. The first-order valence-electron chi connectivity index (χ1n) is 10.3. The molecule has 1 saturated heterocycles. The number of esters is 3. The molecule has 11 heteroatoms. The van der Waals surface area contributed by atoms with Crippen molar-refractivity contribution in [3.8, 4) is 0 Å². The van der Waals surface area contributed by atoms with Gasteiger partial charge in [-0.3, -0.25) is 14.4 Å². The van der Waals surface area contributed by atoms with Crippen LogP contribution >= 0.6 is 23.5 Å². The van der Waals surface area contributed by atoms with E-state index in [9.17, 15) is 22.8 Å². The Labute approximate surface area is 206 Å². The van der Waals surface area contributed by atoms with Crippen LogP contribution < -0.4 is 0 Å². The van der Waals surface area contributed by atoms with Crippen LogP contribution in [0.3, 0.4) is 0 Å². The van der Waals surface area contributed by atoms with Crippen molar-refractivity contribution in [2.45, 2.75) is 58.4 Å². The van der Waals surface area contributed by atoms with E-state index >= 15 is 0 Å². The zero-order chi connectivity index (χ0) is 24.9. The van der Waals surface area contributed by atoms with E-state index in [4.69, 9.17) is 14.2 Å². The lowest BCUT2D eigenvalue weighted by molar-refractivity contribution is -0.180. The second-order valence-electron chi connectivity index (χ2n) is 7.40. The van der Waals surface area contributed by atoms with E-state index in [0.29, 0.717) is 5.75 Å². The largest absolute Gasteiger partial charge is 0.458 e. The summed E-state index contributed by atoms with van der Waals surface area (Å²) in [6.45, 7) is 3.73. The monoisotopic (exact) mass is 524 g/mol. The maximum Gasteiger partial charge on any atom is 0.303 e. The van der Waals surface area contributed by atoms with E-state index in [-0.39, 0.29) is 9.79 Å². The fourth-order valence-corrected chi connectivity index (χ4v) is 7.44. The molecule has 2 aromatic carbocycles. The van der Waals surface area contributed by atoms with Crippen molar-refractivity contribution in [3.63, 3.8) is 0 Å². The SMILES string of the molecule is CC(=O)O[C@@H]1[C@@H](OC(C)=O)[C@H](Sc2ccc(S(=O)(=O)c3ccccc3)cc2)SC[C@H]1OC(C)=O. The summed E-state index contributed by atoms with van der Waals surface area (Å²) >= 11 is 2.74. The fraction of sp³-hybridized carbons (Fsp3) is 0.348. The molecule has 1 fully saturated rings. The highest BCUT2D eigenvalue weighted by molar-refractivity contribution is 8.17. The molecule has 0 N–H and O–H groups in total. The van der Waals surface area contributed by atoms with E-state index in [1.54, 1.807) is 30.3 Å². The van der Waals surface area contributed by atoms with Gasteiger partial charge in [-0.2, -0.15) is 0 Å².